The van der Waals surface area contributed by atoms with E-state index >= 15 is 0 Å². The third-order valence-electron chi connectivity index (χ3n) is 2.33. The molecule has 98 valence electrons. The van der Waals surface area contributed by atoms with Crippen molar-refractivity contribution in [3.63, 3.8) is 0 Å². The number of ether oxygens (including phenoxy) is 1. The van der Waals surface area contributed by atoms with Gasteiger partial charge in [-0.1, -0.05) is 0 Å². The average molecular weight is 265 g/mol. The van der Waals surface area contributed by atoms with E-state index in [-0.39, 0.29) is 17.9 Å². The van der Waals surface area contributed by atoms with Gasteiger partial charge in [-0.3, -0.25) is 4.98 Å². The number of aromatic carboxylic acids is 1. The molecule has 0 aliphatic rings. The molecule has 6 heteroatoms. The maximum absolute atomic E-state index is 13.1. The Morgan fingerprint density at radius 1 is 1.21 bits per heavy atom. The van der Waals surface area contributed by atoms with E-state index in [9.17, 15) is 13.6 Å². The van der Waals surface area contributed by atoms with Crippen molar-refractivity contribution < 1.29 is 23.4 Å². The Balaban J connectivity index is 2.19. The monoisotopic (exact) mass is 265 g/mol. The van der Waals surface area contributed by atoms with Gasteiger partial charge < -0.3 is 9.84 Å². The van der Waals surface area contributed by atoms with E-state index in [4.69, 9.17) is 9.84 Å². The second-order valence-corrected chi connectivity index (χ2v) is 3.75. The molecule has 0 bridgehead atoms. The summed E-state index contributed by atoms with van der Waals surface area (Å²) in [6.07, 6.45) is 2.41. The second kappa shape index (κ2) is 5.43. The zero-order valence-electron chi connectivity index (χ0n) is 9.64. The van der Waals surface area contributed by atoms with Gasteiger partial charge in [-0.15, -0.1) is 0 Å². The number of benzene rings is 1. The summed E-state index contributed by atoms with van der Waals surface area (Å²) in [5, 5.41) is 8.92. The third kappa shape index (κ3) is 3.25. The zero-order valence-corrected chi connectivity index (χ0v) is 9.64. The highest BCUT2D eigenvalue weighted by Gasteiger charge is 2.12. The molecule has 1 aromatic carbocycles. The number of pyridine rings is 1. The predicted molar refractivity (Wildman–Crippen MR) is 61.9 cm³/mol. The van der Waals surface area contributed by atoms with Crippen molar-refractivity contribution in [2.24, 2.45) is 0 Å². The maximum atomic E-state index is 13.1. The fourth-order valence-electron chi connectivity index (χ4n) is 1.49. The normalized spacial score (nSPS) is 10.2. The molecule has 19 heavy (non-hydrogen) atoms. The van der Waals surface area contributed by atoms with Crippen molar-refractivity contribution in [1.29, 1.82) is 0 Å². The van der Waals surface area contributed by atoms with Crippen molar-refractivity contribution in [3.05, 3.63) is 59.4 Å². The average Bonchev–Trinajstić information content (AvgIpc) is 2.36. The predicted octanol–water partition coefficient (Wildman–Crippen LogP) is 2.64. The highest BCUT2D eigenvalue weighted by molar-refractivity contribution is 5.90. The molecule has 0 unspecified atom stereocenters. The molecular weight excluding hydrogens is 256 g/mol. The highest BCUT2D eigenvalue weighted by atomic mass is 19.1. The lowest BCUT2D eigenvalue weighted by Crippen LogP contribution is -2.04. The second-order valence-electron chi connectivity index (χ2n) is 3.75. The molecular formula is C13H9F2NO3. The number of carboxylic acids is 1. The molecule has 0 saturated heterocycles. The smallest absolute Gasteiger partial charge is 0.339 e. The summed E-state index contributed by atoms with van der Waals surface area (Å²) in [5.74, 6) is -2.49. The molecule has 0 amide bonds. The van der Waals surface area contributed by atoms with Crippen LogP contribution in [0, 0.1) is 11.6 Å². The summed E-state index contributed by atoms with van der Waals surface area (Å²) in [6, 6.07) is 4.31. The highest BCUT2D eigenvalue weighted by Crippen LogP contribution is 2.21. The van der Waals surface area contributed by atoms with Crippen LogP contribution in [0.4, 0.5) is 8.78 Å². The number of nitrogens with zero attached hydrogens (tertiary/aromatic N) is 1. The van der Waals surface area contributed by atoms with Crippen LogP contribution in [0.3, 0.4) is 0 Å². The molecule has 0 saturated carbocycles. The Morgan fingerprint density at radius 2 is 2.00 bits per heavy atom. The first-order chi connectivity index (χ1) is 9.06. The standard InChI is InChI=1S/C13H9F2NO3/c14-9-1-2-11(13(17)18)12(4-9)19-7-8-3-10(15)6-16-5-8/h1-6H,7H2,(H,17,18). The molecule has 1 N–H and O–H groups in total. The number of rotatable bonds is 4. The number of hydrogen-bond acceptors (Lipinski definition) is 3. The number of hydrogen-bond donors (Lipinski definition) is 1. The fraction of sp³-hybridized carbons (Fsp3) is 0.0769. The summed E-state index contributed by atoms with van der Waals surface area (Å²) in [5.41, 5.74) is 0.256. The molecule has 0 atom stereocenters. The molecule has 2 rings (SSSR count). The van der Waals surface area contributed by atoms with Crippen LogP contribution in [0.2, 0.25) is 0 Å². The molecule has 0 spiro atoms. The molecule has 1 aromatic heterocycles. The van der Waals surface area contributed by atoms with Crippen molar-refractivity contribution in [1.82, 2.24) is 4.98 Å². The Bertz CT molecular complexity index is 617. The van der Waals surface area contributed by atoms with Crippen molar-refractivity contribution in [2.45, 2.75) is 6.61 Å². The van der Waals surface area contributed by atoms with Crippen LogP contribution < -0.4 is 4.74 Å². The van der Waals surface area contributed by atoms with Gasteiger partial charge in [-0.05, 0) is 18.2 Å². The lowest BCUT2D eigenvalue weighted by atomic mass is 10.2. The van der Waals surface area contributed by atoms with Crippen LogP contribution in [0.1, 0.15) is 15.9 Å². The molecule has 0 fully saturated rings. The summed E-state index contributed by atoms with van der Waals surface area (Å²) in [6.45, 7) is -0.103. The molecule has 4 nitrogen and oxygen atoms in total. The van der Waals surface area contributed by atoms with E-state index < -0.39 is 17.6 Å². The van der Waals surface area contributed by atoms with Crippen LogP contribution in [0.5, 0.6) is 5.75 Å². The van der Waals surface area contributed by atoms with Gasteiger partial charge in [0.2, 0.25) is 0 Å². The van der Waals surface area contributed by atoms with Crippen LogP contribution in [0.15, 0.2) is 36.7 Å². The van der Waals surface area contributed by atoms with Gasteiger partial charge in [-0.25, -0.2) is 13.6 Å². The van der Waals surface area contributed by atoms with Crippen LogP contribution in [-0.4, -0.2) is 16.1 Å². The van der Waals surface area contributed by atoms with Crippen molar-refractivity contribution in [3.8, 4) is 5.75 Å². The molecule has 0 aliphatic heterocycles. The third-order valence-corrected chi connectivity index (χ3v) is 2.33. The topological polar surface area (TPSA) is 59.4 Å². The Morgan fingerprint density at radius 3 is 2.68 bits per heavy atom. The van der Waals surface area contributed by atoms with E-state index in [1.807, 2.05) is 0 Å². The van der Waals surface area contributed by atoms with Gasteiger partial charge in [0.15, 0.2) is 0 Å². The minimum absolute atomic E-state index is 0.103. The SMILES string of the molecule is O=C(O)c1ccc(F)cc1OCc1cncc(F)c1. The zero-order chi connectivity index (χ0) is 13.8. The largest absolute Gasteiger partial charge is 0.488 e. The Hall–Kier alpha value is -2.50. The van der Waals surface area contributed by atoms with Crippen LogP contribution in [0.25, 0.3) is 0 Å². The summed E-state index contributed by atoms with van der Waals surface area (Å²) in [7, 11) is 0. The van der Waals surface area contributed by atoms with Crippen LogP contribution >= 0.6 is 0 Å². The first-order valence-corrected chi connectivity index (χ1v) is 5.31. The Labute approximate surface area is 107 Å². The van der Waals surface area contributed by atoms with E-state index in [1.165, 1.54) is 12.3 Å². The van der Waals surface area contributed by atoms with Gasteiger partial charge in [0.25, 0.3) is 0 Å². The van der Waals surface area contributed by atoms with E-state index in [2.05, 4.69) is 4.98 Å². The maximum Gasteiger partial charge on any atom is 0.339 e. The number of carbonyl (C=O) groups is 1. The number of carboxylic acid groups (broad SMARTS) is 1. The minimum Gasteiger partial charge on any atom is -0.488 e. The summed E-state index contributed by atoms with van der Waals surface area (Å²) in [4.78, 5) is 14.5. The quantitative estimate of drug-likeness (QED) is 0.923. The number of halogens is 2. The number of aromatic nitrogens is 1. The fourth-order valence-corrected chi connectivity index (χ4v) is 1.49. The van der Waals surface area contributed by atoms with Gasteiger partial charge in [-0.2, -0.15) is 0 Å². The minimum atomic E-state index is -1.23. The van der Waals surface area contributed by atoms with E-state index in [1.54, 1.807) is 0 Å². The van der Waals surface area contributed by atoms with Gasteiger partial charge in [0.1, 0.15) is 29.6 Å². The lowest BCUT2D eigenvalue weighted by Gasteiger charge is -2.09. The van der Waals surface area contributed by atoms with Crippen molar-refractivity contribution in [2.75, 3.05) is 0 Å². The Kier molecular flexibility index (Phi) is 3.70. The van der Waals surface area contributed by atoms with Gasteiger partial charge in [0.05, 0.1) is 6.20 Å². The molecule has 0 radical (unpaired) electrons. The van der Waals surface area contributed by atoms with E-state index in [0.717, 1.165) is 24.4 Å². The molecule has 1 heterocycles. The van der Waals surface area contributed by atoms with Gasteiger partial charge in [0, 0.05) is 17.8 Å². The van der Waals surface area contributed by atoms with Crippen LogP contribution in [-0.2, 0) is 6.61 Å². The first-order valence-electron chi connectivity index (χ1n) is 5.31. The molecule has 0 aliphatic carbocycles. The first kappa shape index (κ1) is 12.9. The lowest BCUT2D eigenvalue weighted by molar-refractivity contribution is 0.0691. The van der Waals surface area contributed by atoms with E-state index in [0.29, 0.717) is 5.56 Å². The summed E-state index contributed by atoms with van der Waals surface area (Å²) < 4.78 is 31.1. The van der Waals surface area contributed by atoms with Crippen molar-refractivity contribution >= 4 is 5.97 Å². The molecule has 2 aromatic rings. The summed E-state index contributed by atoms with van der Waals surface area (Å²) >= 11 is 0. The van der Waals surface area contributed by atoms with Gasteiger partial charge >= 0.3 is 5.97 Å².